The highest BCUT2D eigenvalue weighted by atomic mass is 15.2. The van der Waals surface area contributed by atoms with Crippen molar-refractivity contribution in [3.8, 4) is 27.9 Å². The van der Waals surface area contributed by atoms with Gasteiger partial charge in [-0.1, -0.05) is 158 Å². The minimum atomic E-state index is -0.533. The third-order valence-corrected chi connectivity index (χ3v) is 13.5. The summed E-state index contributed by atoms with van der Waals surface area (Å²) in [4.78, 5) is 4.85. The van der Waals surface area contributed by atoms with Gasteiger partial charge in [0.15, 0.2) is 0 Å². The lowest BCUT2D eigenvalue weighted by molar-refractivity contribution is 0.793. The Bertz CT molecular complexity index is 3520. The summed E-state index contributed by atoms with van der Waals surface area (Å²) >= 11 is 0. The molecule has 1 unspecified atom stereocenters. The third-order valence-electron chi connectivity index (χ3n) is 13.5. The number of aromatic nitrogens is 1. The van der Waals surface area contributed by atoms with Gasteiger partial charge in [-0.2, -0.15) is 0 Å². The van der Waals surface area contributed by atoms with E-state index in [9.17, 15) is 0 Å². The van der Waals surface area contributed by atoms with Crippen LogP contribution in [0, 0.1) is 0 Å². The zero-order valence-corrected chi connectivity index (χ0v) is 35.0. The van der Waals surface area contributed by atoms with E-state index in [2.05, 4.69) is 263 Å². The molecule has 1 atom stereocenters. The molecule has 0 bridgehead atoms. The summed E-state index contributed by atoms with van der Waals surface area (Å²) in [5.41, 5.74) is 20.0. The van der Waals surface area contributed by atoms with Crippen molar-refractivity contribution in [1.82, 2.24) is 4.57 Å². The van der Waals surface area contributed by atoms with Crippen LogP contribution in [0.1, 0.15) is 22.3 Å². The number of para-hydroxylation sites is 5. The van der Waals surface area contributed by atoms with Gasteiger partial charge < -0.3 is 14.4 Å². The molecule has 2 aliphatic carbocycles. The van der Waals surface area contributed by atoms with Gasteiger partial charge in [0.05, 0.1) is 22.1 Å². The molecule has 0 saturated heterocycles. The second-order valence-electron chi connectivity index (χ2n) is 16.8. The fourth-order valence-corrected chi connectivity index (χ4v) is 11.0. The predicted octanol–water partition coefficient (Wildman–Crippen LogP) is 16.1. The van der Waals surface area contributed by atoms with Crippen molar-refractivity contribution in [2.45, 2.75) is 5.41 Å². The number of anilines is 6. The Balaban J connectivity index is 1.06. The first-order valence-corrected chi connectivity index (χ1v) is 22.1. The summed E-state index contributed by atoms with van der Waals surface area (Å²) < 4.78 is 2.41. The van der Waals surface area contributed by atoms with Crippen LogP contribution in [0.15, 0.2) is 249 Å². The maximum absolute atomic E-state index is 2.50. The Morgan fingerprint density at radius 3 is 1.45 bits per heavy atom. The first kappa shape index (κ1) is 36.3. The average molecular weight is 816 g/mol. The Morgan fingerprint density at radius 1 is 0.297 bits per heavy atom. The molecule has 64 heavy (non-hydrogen) atoms. The largest absolute Gasteiger partial charge is 0.310 e. The number of hydrogen-bond acceptors (Lipinski definition) is 2. The number of hydrogen-bond donors (Lipinski definition) is 0. The maximum Gasteiger partial charge on any atom is 0.0726 e. The molecule has 13 rings (SSSR count). The standard InChI is InChI=1S/C61H41N3/c1-5-20-42(21-6-1)62(43-22-7-2-8-23-43)46-37-39-55-52(40-46)49-29-14-17-32-54(49)61(55)53-31-16-13-28-48(53)50-38-36-47(41-56(50)61)63(44-24-9-3-10-25-44)58-34-19-35-59-60(58)51-30-15-18-33-57(51)64(59)45-26-11-4-12-27-45/h1-41H. The Morgan fingerprint density at radius 2 is 0.781 bits per heavy atom. The number of nitrogens with zero attached hydrogens (tertiary/aromatic N) is 3. The molecule has 3 heteroatoms. The van der Waals surface area contributed by atoms with E-state index in [1.165, 1.54) is 66.3 Å². The van der Waals surface area contributed by atoms with Crippen molar-refractivity contribution < 1.29 is 0 Å². The van der Waals surface area contributed by atoms with E-state index in [0.717, 1.165) is 39.8 Å². The minimum Gasteiger partial charge on any atom is -0.310 e. The lowest BCUT2D eigenvalue weighted by Crippen LogP contribution is -2.26. The zero-order chi connectivity index (χ0) is 42.2. The molecule has 0 fully saturated rings. The molecule has 0 radical (unpaired) electrons. The summed E-state index contributed by atoms with van der Waals surface area (Å²) in [6, 6.07) is 91.2. The summed E-state index contributed by atoms with van der Waals surface area (Å²) in [5.74, 6) is 0. The van der Waals surface area contributed by atoms with Gasteiger partial charge >= 0.3 is 0 Å². The van der Waals surface area contributed by atoms with Gasteiger partial charge in [0.1, 0.15) is 0 Å². The molecule has 10 aromatic carbocycles. The van der Waals surface area contributed by atoms with Crippen molar-refractivity contribution in [2.75, 3.05) is 9.80 Å². The van der Waals surface area contributed by atoms with Gasteiger partial charge in [0, 0.05) is 44.9 Å². The van der Waals surface area contributed by atoms with Crippen molar-refractivity contribution in [3.05, 3.63) is 271 Å². The Hall–Kier alpha value is -8.40. The zero-order valence-electron chi connectivity index (χ0n) is 35.0. The molecular weight excluding hydrogens is 775 g/mol. The second kappa shape index (κ2) is 14.3. The van der Waals surface area contributed by atoms with Crippen LogP contribution >= 0.6 is 0 Å². The van der Waals surface area contributed by atoms with Crippen LogP contribution in [-0.4, -0.2) is 4.57 Å². The highest BCUT2D eigenvalue weighted by Crippen LogP contribution is 2.64. The number of fused-ring (bicyclic) bond motifs is 13. The van der Waals surface area contributed by atoms with Crippen LogP contribution < -0.4 is 9.80 Å². The van der Waals surface area contributed by atoms with Gasteiger partial charge in [-0.15, -0.1) is 0 Å². The molecule has 3 nitrogen and oxygen atoms in total. The van der Waals surface area contributed by atoms with Crippen LogP contribution in [0.5, 0.6) is 0 Å². The molecule has 1 spiro atoms. The topological polar surface area (TPSA) is 11.4 Å². The average Bonchev–Trinajstić information content (AvgIpc) is 3.97. The molecule has 11 aromatic rings. The normalized spacial score (nSPS) is 14.3. The van der Waals surface area contributed by atoms with Crippen LogP contribution in [0.3, 0.4) is 0 Å². The summed E-state index contributed by atoms with van der Waals surface area (Å²) in [7, 11) is 0. The fourth-order valence-electron chi connectivity index (χ4n) is 11.0. The lowest BCUT2D eigenvalue weighted by atomic mass is 9.70. The molecule has 1 heterocycles. The van der Waals surface area contributed by atoms with E-state index in [-0.39, 0.29) is 0 Å². The summed E-state index contributed by atoms with van der Waals surface area (Å²) in [5, 5.41) is 2.44. The number of rotatable bonds is 7. The van der Waals surface area contributed by atoms with E-state index in [4.69, 9.17) is 0 Å². The highest BCUT2D eigenvalue weighted by Gasteiger charge is 2.52. The summed E-state index contributed by atoms with van der Waals surface area (Å²) in [6.07, 6.45) is 0. The van der Waals surface area contributed by atoms with Crippen LogP contribution in [0.2, 0.25) is 0 Å². The lowest BCUT2D eigenvalue weighted by Gasteiger charge is -2.33. The van der Waals surface area contributed by atoms with E-state index in [1.54, 1.807) is 0 Å². The van der Waals surface area contributed by atoms with Crippen molar-refractivity contribution in [2.24, 2.45) is 0 Å². The van der Waals surface area contributed by atoms with Gasteiger partial charge in [0.2, 0.25) is 0 Å². The maximum atomic E-state index is 2.50. The monoisotopic (exact) mass is 815 g/mol. The molecule has 0 N–H and O–H groups in total. The van der Waals surface area contributed by atoms with Crippen LogP contribution in [-0.2, 0) is 5.41 Å². The minimum absolute atomic E-state index is 0.533. The fraction of sp³-hybridized carbons (Fsp3) is 0.0164. The van der Waals surface area contributed by atoms with Crippen molar-refractivity contribution in [1.29, 1.82) is 0 Å². The summed E-state index contributed by atoms with van der Waals surface area (Å²) in [6.45, 7) is 0. The van der Waals surface area contributed by atoms with Crippen molar-refractivity contribution >= 4 is 55.9 Å². The second-order valence-corrected chi connectivity index (χ2v) is 16.8. The van der Waals surface area contributed by atoms with Gasteiger partial charge in [-0.05, 0) is 136 Å². The van der Waals surface area contributed by atoms with Gasteiger partial charge in [-0.25, -0.2) is 0 Å². The molecule has 0 aliphatic heterocycles. The molecule has 1 aromatic heterocycles. The molecule has 2 aliphatic rings. The quantitative estimate of drug-likeness (QED) is 0.159. The van der Waals surface area contributed by atoms with Crippen molar-refractivity contribution in [3.63, 3.8) is 0 Å². The van der Waals surface area contributed by atoms with E-state index < -0.39 is 5.41 Å². The van der Waals surface area contributed by atoms with E-state index in [1.807, 2.05) is 0 Å². The Kier molecular flexibility index (Phi) is 8.13. The molecule has 0 saturated carbocycles. The number of benzene rings is 10. The van der Waals surface area contributed by atoms with Crippen LogP contribution in [0.25, 0.3) is 49.7 Å². The molecule has 300 valence electrons. The first-order valence-electron chi connectivity index (χ1n) is 22.1. The predicted molar refractivity (Wildman–Crippen MR) is 266 cm³/mol. The third kappa shape index (κ3) is 5.22. The van der Waals surface area contributed by atoms with Gasteiger partial charge in [0.25, 0.3) is 0 Å². The smallest absolute Gasteiger partial charge is 0.0726 e. The SMILES string of the molecule is c1ccc(N(c2ccccc2)c2ccc3c(c2)-c2ccccc2C32c3ccccc3-c3ccc(N(c4ccccc4)c4cccc5c4c4ccccc4n5-c4ccccc4)cc32)cc1. The first-order chi connectivity index (χ1) is 31.8. The van der Waals surface area contributed by atoms with Crippen LogP contribution in [0.4, 0.5) is 34.1 Å². The van der Waals surface area contributed by atoms with Gasteiger partial charge in [-0.3, -0.25) is 0 Å². The molecular formula is C61H41N3. The molecule has 0 amide bonds. The van der Waals surface area contributed by atoms with E-state index >= 15 is 0 Å². The Labute approximate surface area is 373 Å². The van der Waals surface area contributed by atoms with E-state index in [0.29, 0.717) is 0 Å². The highest BCUT2D eigenvalue weighted by molar-refractivity contribution is 6.16.